The van der Waals surface area contributed by atoms with Crippen LogP contribution in [0.25, 0.3) is 0 Å². The van der Waals surface area contributed by atoms with E-state index in [9.17, 15) is 18.8 Å². The van der Waals surface area contributed by atoms with Crippen LogP contribution < -0.4 is 15.5 Å². The zero-order valence-corrected chi connectivity index (χ0v) is 18.2. The molecule has 2 heterocycles. The lowest BCUT2D eigenvalue weighted by Crippen LogP contribution is -2.48. The number of nitrogens with zero attached hydrogens (tertiary/aromatic N) is 2. The van der Waals surface area contributed by atoms with Gasteiger partial charge in [-0.1, -0.05) is 0 Å². The summed E-state index contributed by atoms with van der Waals surface area (Å²) in [4.78, 5) is 38.7. The zero-order chi connectivity index (χ0) is 22.7. The van der Waals surface area contributed by atoms with Crippen molar-refractivity contribution in [3.8, 4) is 0 Å². The van der Waals surface area contributed by atoms with E-state index in [0.717, 1.165) is 58.4 Å². The fourth-order valence-corrected chi connectivity index (χ4v) is 5.01. The molecular weight excluding hydrogens is 415 g/mol. The summed E-state index contributed by atoms with van der Waals surface area (Å²) in [6.45, 7) is 4.17. The molecule has 3 N–H and O–H groups in total. The van der Waals surface area contributed by atoms with Crippen LogP contribution in [0.5, 0.6) is 0 Å². The van der Waals surface area contributed by atoms with E-state index in [1.807, 2.05) is 4.90 Å². The van der Waals surface area contributed by atoms with E-state index >= 15 is 0 Å². The molecule has 0 radical (unpaired) electrons. The van der Waals surface area contributed by atoms with Gasteiger partial charge in [0.1, 0.15) is 11.9 Å². The average Bonchev–Trinajstić information content (AvgIpc) is 2.77. The Morgan fingerprint density at radius 1 is 1.09 bits per heavy atom. The predicted molar refractivity (Wildman–Crippen MR) is 118 cm³/mol. The second-order valence-electron chi connectivity index (χ2n) is 9.16. The van der Waals surface area contributed by atoms with Crippen LogP contribution in [0.3, 0.4) is 0 Å². The number of carbonyl (C=O) groups excluding carboxylic acids is 2. The Labute approximate surface area is 187 Å². The Balaban J connectivity index is 1.26. The van der Waals surface area contributed by atoms with E-state index in [1.165, 1.54) is 6.07 Å². The summed E-state index contributed by atoms with van der Waals surface area (Å²) in [6, 6.07) is 4.39. The van der Waals surface area contributed by atoms with Crippen LogP contribution in [0.2, 0.25) is 0 Å². The maximum absolute atomic E-state index is 14.8. The summed E-state index contributed by atoms with van der Waals surface area (Å²) in [5, 5.41) is 14.5. The number of rotatable bonds is 6. The number of piperidine rings is 1. The number of aliphatic carboxylic acids is 1. The highest BCUT2D eigenvalue weighted by Crippen LogP contribution is 2.30. The third kappa shape index (κ3) is 5.38. The highest BCUT2D eigenvalue weighted by Gasteiger charge is 2.29. The molecule has 2 aliphatic heterocycles. The van der Waals surface area contributed by atoms with Gasteiger partial charge >= 0.3 is 5.97 Å². The van der Waals surface area contributed by atoms with Crippen molar-refractivity contribution >= 4 is 29.2 Å². The lowest BCUT2D eigenvalue weighted by atomic mass is 9.82. The summed E-state index contributed by atoms with van der Waals surface area (Å²) >= 11 is 0. The summed E-state index contributed by atoms with van der Waals surface area (Å²) < 4.78 is 14.8. The van der Waals surface area contributed by atoms with Crippen LogP contribution in [0, 0.1) is 17.7 Å². The van der Waals surface area contributed by atoms with E-state index in [1.54, 1.807) is 12.1 Å². The topological polar surface area (TPSA) is 102 Å². The Hall–Kier alpha value is -2.68. The van der Waals surface area contributed by atoms with E-state index < -0.39 is 12.0 Å². The van der Waals surface area contributed by atoms with Crippen molar-refractivity contribution in [1.82, 2.24) is 10.2 Å². The van der Waals surface area contributed by atoms with Crippen molar-refractivity contribution in [2.45, 2.75) is 44.6 Å². The van der Waals surface area contributed by atoms with Crippen molar-refractivity contribution in [3.63, 3.8) is 0 Å². The van der Waals surface area contributed by atoms with Crippen molar-refractivity contribution < 1.29 is 23.9 Å². The van der Waals surface area contributed by atoms with Crippen molar-refractivity contribution in [2.24, 2.45) is 11.8 Å². The first-order chi connectivity index (χ1) is 15.4. The number of anilines is 2. The number of amides is 2. The molecule has 0 spiro atoms. The van der Waals surface area contributed by atoms with Crippen LogP contribution in [0.15, 0.2) is 18.2 Å². The van der Waals surface area contributed by atoms with Gasteiger partial charge in [0, 0.05) is 44.8 Å². The number of carbonyl (C=O) groups is 3. The number of halogens is 1. The molecule has 3 fully saturated rings. The number of carboxylic acids is 1. The van der Waals surface area contributed by atoms with Gasteiger partial charge in [-0.2, -0.15) is 0 Å². The van der Waals surface area contributed by atoms with Crippen LogP contribution in [0.4, 0.5) is 15.8 Å². The fraction of sp³-hybridized carbons (Fsp3) is 0.609. The second-order valence-corrected chi connectivity index (χ2v) is 9.16. The number of piperazine rings is 1. The molecule has 174 valence electrons. The lowest BCUT2D eigenvalue weighted by molar-refractivity contribution is -0.143. The van der Waals surface area contributed by atoms with Gasteiger partial charge in [0.05, 0.1) is 11.6 Å². The van der Waals surface area contributed by atoms with Gasteiger partial charge in [-0.05, 0) is 56.2 Å². The molecule has 1 aromatic carbocycles. The maximum Gasteiger partial charge on any atom is 0.306 e. The number of nitrogens with one attached hydrogen (secondary N) is 2. The van der Waals surface area contributed by atoms with Gasteiger partial charge in [-0.3, -0.25) is 24.6 Å². The maximum atomic E-state index is 14.8. The van der Waals surface area contributed by atoms with Gasteiger partial charge in [-0.15, -0.1) is 0 Å². The minimum Gasteiger partial charge on any atom is -0.481 e. The first-order valence-corrected chi connectivity index (χ1v) is 11.5. The normalized spacial score (nSPS) is 27.2. The average molecular weight is 447 g/mol. The summed E-state index contributed by atoms with van der Waals surface area (Å²) in [7, 11) is 0. The molecule has 8 nitrogen and oxygen atoms in total. The zero-order valence-electron chi connectivity index (χ0n) is 18.2. The van der Waals surface area contributed by atoms with Gasteiger partial charge in [-0.25, -0.2) is 4.39 Å². The highest BCUT2D eigenvalue weighted by atomic mass is 19.1. The van der Waals surface area contributed by atoms with E-state index in [-0.39, 0.29) is 30.0 Å². The van der Waals surface area contributed by atoms with E-state index in [2.05, 4.69) is 15.5 Å². The molecule has 0 bridgehead atoms. The van der Waals surface area contributed by atoms with Crippen molar-refractivity contribution in [3.05, 3.63) is 24.0 Å². The number of imide groups is 1. The van der Waals surface area contributed by atoms with Crippen molar-refractivity contribution in [2.75, 3.05) is 42.9 Å². The van der Waals surface area contributed by atoms with E-state index in [4.69, 9.17) is 5.11 Å². The monoisotopic (exact) mass is 446 g/mol. The molecule has 9 heteroatoms. The highest BCUT2D eigenvalue weighted by molar-refractivity contribution is 6.01. The summed E-state index contributed by atoms with van der Waals surface area (Å²) in [5.74, 6) is -1.29. The van der Waals surface area contributed by atoms with Gasteiger partial charge in [0.2, 0.25) is 11.8 Å². The molecule has 1 aliphatic carbocycles. The number of hydrogen-bond donors (Lipinski definition) is 3. The smallest absolute Gasteiger partial charge is 0.306 e. The largest absolute Gasteiger partial charge is 0.481 e. The standard InChI is InChI=1S/C23H31FN4O4/c24-18-13-17(25-19-6-8-21(29)26-22(19)30)5-7-20(18)28-11-9-27(10-12-28)14-15-1-3-16(4-2-15)23(31)32/h5,7,13,15-16,19,25H,1-4,6,8-12,14H2,(H,31,32)(H,26,29,30)/t15-,16-,19?. The van der Waals surface area contributed by atoms with Crippen LogP contribution >= 0.6 is 0 Å². The number of benzene rings is 1. The molecule has 1 aromatic rings. The van der Waals surface area contributed by atoms with Gasteiger partial charge < -0.3 is 15.3 Å². The minimum atomic E-state index is -0.669. The molecule has 32 heavy (non-hydrogen) atoms. The third-order valence-electron chi connectivity index (χ3n) is 6.95. The summed E-state index contributed by atoms with van der Waals surface area (Å²) in [6.07, 6.45) is 4.14. The quantitative estimate of drug-likeness (QED) is 0.575. The van der Waals surface area contributed by atoms with Crippen molar-refractivity contribution in [1.29, 1.82) is 0 Å². The molecule has 1 unspecified atom stereocenters. The van der Waals surface area contributed by atoms with Gasteiger partial charge in [0.15, 0.2) is 0 Å². The Morgan fingerprint density at radius 2 is 1.81 bits per heavy atom. The SMILES string of the molecule is O=C1CCC(Nc2ccc(N3CCN(C[C@H]4CC[C@H](C(=O)O)CC4)CC3)c(F)c2)C(=O)N1. The van der Waals surface area contributed by atoms with Crippen LogP contribution in [0.1, 0.15) is 38.5 Å². The van der Waals surface area contributed by atoms with Gasteiger partial charge in [0.25, 0.3) is 0 Å². The minimum absolute atomic E-state index is 0.182. The molecule has 2 saturated heterocycles. The van der Waals surface area contributed by atoms with Crippen LogP contribution in [-0.2, 0) is 14.4 Å². The molecule has 0 aromatic heterocycles. The molecule has 1 saturated carbocycles. The number of carboxylic acid groups (broad SMARTS) is 1. The molecule has 4 rings (SSSR count). The summed E-state index contributed by atoms with van der Waals surface area (Å²) in [5.41, 5.74) is 1.08. The second kappa shape index (κ2) is 9.85. The van der Waals surface area contributed by atoms with E-state index in [0.29, 0.717) is 23.7 Å². The molecule has 1 atom stereocenters. The molecule has 3 aliphatic rings. The lowest BCUT2D eigenvalue weighted by Gasteiger charge is -2.38. The first-order valence-electron chi connectivity index (χ1n) is 11.5. The molecular formula is C23H31FN4O4. The fourth-order valence-electron chi connectivity index (χ4n) is 5.01. The number of hydrogen-bond acceptors (Lipinski definition) is 6. The van der Waals surface area contributed by atoms with Crippen LogP contribution in [-0.4, -0.2) is 66.6 Å². The Bertz CT molecular complexity index is 864. The molecule has 2 amide bonds. The third-order valence-corrected chi connectivity index (χ3v) is 6.95. The Morgan fingerprint density at radius 3 is 2.44 bits per heavy atom. The Kier molecular flexibility index (Phi) is 6.93. The predicted octanol–water partition coefficient (Wildman–Crippen LogP) is 2.06. The first kappa shape index (κ1) is 22.5.